The van der Waals surface area contributed by atoms with E-state index in [0.29, 0.717) is 11.3 Å². The van der Waals surface area contributed by atoms with Crippen LogP contribution in [0, 0.1) is 10.1 Å². The van der Waals surface area contributed by atoms with Gasteiger partial charge in [-0.3, -0.25) is 10.1 Å². The Balaban J connectivity index is 0.00000169. The molecule has 5 nitrogen and oxygen atoms in total. The Bertz CT molecular complexity index is 330. The summed E-state index contributed by atoms with van der Waals surface area (Å²) in [5.74, 6) is 0.462. The van der Waals surface area contributed by atoms with Crippen LogP contribution < -0.4 is 10.5 Å². The number of methoxy groups -OCH3 is 1. The topological polar surface area (TPSA) is 78.4 Å². The number of ether oxygens (including phenoxy) is 1. The molecule has 78 valence electrons. The Morgan fingerprint density at radius 2 is 2.21 bits per heavy atom. The number of hydrogen-bond acceptors (Lipinski definition) is 4. The van der Waals surface area contributed by atoms with Gasteiger partial charge in [-0.25, -0.2) is 0 Å². The standard InChI is InChI=1S/C8H10N2O3.ClH/c1-13-7-3-2-6(5-9)8(4-7)10(11)12;/h2-4H,5,9H2,1H3;1H. The van der Waals surface area contributed by atoms with Crippen LogP contribution in [0.3, 0.4) is 0 Å². The highest BCUT2D eigenvalue weighted by molar-refractivity contribution is 5.85. The Morgan fingerprint density at radius 3 is 2.64 bits per heavy atom. The smallest absolute Gasteiger partial charge is 0.277 e. The fourth-order valence-electron chi connectivity index (χ4n) is 1.01. The quantitative estimate of drug-likeness (QED) is 0.616. The molecule has 0 saturated heterocycles. The third-order valence-corrected chi connectivity index (χ3v) is 1.71. The van der Waals surface area contributed by atoms with Crippen LogP contribution >= 0.6 is 12.4 Å². The van der Waals surface area contributed by atoms with Crippen LogP contribution in [0.15, 0.2) is 18.2 Å². The summed E-state index contributed by atoms with van der Waals surface area (Å²) in [7, 11) is 1.46. The predicted molar refractivity (Wildman–Crippen MR) is 54.8 cm³/mol. The van der Waals surface area contributed by atoms with Crippen molar-refractivity contribution in [1.29, 1.82) is 0 Å². The average Bonchev–Trinajstić information content (AvgIpc) is 2.16. The fourth-order valence-corrected chi connectivity index (χ4v) is 1.01. The zero-order valence-corrected chi connectivity index (χ0v) is 8.41. The van der Waals surface area contributed by atoms with Gasteiger partial charge in [0.1, 0.15) is 5.75 Å². The molecule has 0 aliphatic heterocycles. The van der Waals surface area contributed by atoms with E-state index in [9.17, 15) is 10.1 Å². The molecule has 0 atom stereocenters. The van der Waals surface area contributed by atoms with Crippen molar-refractivity contribution >= 4 is 18.1 Å². The minimum Gasteiger partial charge on any atom is -0.497 e. The summed E-state index contributed by atoms with van der Waals surface area (Å²) < 4.78 is 4.86. The lowest BCUT2D eigenvalue weighted by Crippen LogP contribution is -2.01. The predicted octanol–water partition coefficient (Wildman–Crippen LogP) is 1.48. The largest absolute Gasteiger partial charge is 0.497 e. The van der Waals surface area contributed by atoms with E-state index in [4.69, 9.17) is 10.5 Å². The molecule has 6 heteroatoms. The first-order valence-electron chi connectivity index (χ1n) is 3.70. The molecule has 0 saturated carbocycles. The molecule has 2 N–H and O–H groups in total. The van der Waals surface area contributed by atoms with E-state index in [-0.39, 0.29) is 24.6 Å². The second-order valence-electron chi connectivity index (χ2n) is 2.46. The fraction of sp³-hybridized carbons (Fsp3) is 0.250. The summed E-state index contributed by atoms with van der Waals surface area (Å²) in [5, 5.41) is 10.5. The maximum atomic E-state index is 10.5. The molecule has 1 rings (SSSR count). The lowest BCUT2D eigenvalue weighted by atomic mass is 10.2. The average molecular weight is 219 g/mol. The van der Waals surface area contributed by atoms with Crippen molar-refractivity contribution in [2.24, 2.45) is 5.73 Å². The van der Waals surface area contributed by atoms with Crippen molar-refractivity contribution in [1.82, 2.24) is 0 Å². The van der Waals surface area contributed by atoms with Crippen LogP contribution in [0.25, 0.3) is 0 Å². The minimum atomic E-state index is -0.468. The first kappa shape index (κ1) is 12.7. The normalized spacial score (nSPS) is 9.00. The minimum absolute atomic E-state index is 0. The van der Waals surface area contributed by atoms with E-state index in [0.717, 1.165) is 0 Å². The van der Waals surface area contributed by atoms with Gasteiger partial charge in [-0.15, -0.1) is 12.4 Å². The van der Waals surface area contributed by atoms with Gasteiger partial charge in [-0.1, -0.05) is 0 Å². The van der Waals surface area contributed by atoms with E-state index < -0.39 is 4.92 Å². The monoisotopic (exact) mass is 218 g/mol. The van der Waals surface area contributed by atoms with Crippen LogP contribution in [0.1, 0.15) is 5.56 Å². The first-order valence-corrected chi connectivity index (χ1v) is 3.70. The molecule has 1 aromatic rings. The van der Waals surface area contributed by atoms with Crippen LogP contribution in [0.2, 0.25) is 0 Å². The Kier molecular flexibility index (Phi) is 4.90. The molecule has 0 amide bonds. The van der Waals surface area contributed by atoms with Crippen molar-refractivity contribution in [3.8, 4) is 5.75 Å². The van der Waals surface area contributed by atoms with Gasteiger partial charge in [0.25, 0.3) is 5.69 Å². The summed E-state index contributed by atoms with van der Waals surface area (Å²) in [5.41, 5.74) is 5.84. The van der Waals surface area contributed by atoms with Gasteiger partial charge in [-0.2, -0.15) is 0 Å². The molecule has 0 aliphatic rings. The summed E-state index contributed by atoms with van der Waals surface area (Å²) in [6.07, 6.45) is 0. The summed E-state index contributed by atoms with van der Waals surface area (Å²) >= 11 is 0. The lowest BCUT2D eigenvalue weighted by molar-refractivity contribution is -0.385. The maximum Gasteiger partial charge on any atom is 0.277 e. The summed E-state index contributed by atoms with van der Waals surface area (Å²) in [6.45, 7) is 0.153. The number of benzene rings is 1. The Labute approximate surface area is 87.4 Å². The van der Waals surface area contributed by atoms with Crippen LogP contribution in [-0.2, 0) is 6.54 Å². The number of nitrogens with two attached hydrogens (primary N) is 1. The van der Waals surface area contributed by atoms with E-state index >= 15 is 0 Å². The number of rotatable bonds is 3. The second kappa shape index (κ2) is 5.41. The number of nitrogens with zero attached hydrogens (tertiary/aromatic N) is 1. The van der Waals surface area contributed by atoms with E-state index in [1.165, 1.54) is 13.2 Å². The van der Waals surface area contributed by atoms with Crippen molar-refractivity contribution in [2.75, 3.05) is 7.11 Å². The van der Waals surface area contributed by atoms with Gasteiger partial charge >= 0.3 is 0 Å². The zero-order valence-electron chi connectivity index (χ0n) is 7.60. The van der Waals surface area contributed by atoms with Crippen molar-refractivity contribution < 1.29 is 9.66 Å². The van der Waals surface area contributed by atoms with Crippen molar-refractivity contribution in [3.05, 3.63) is 33.9 Å². The molecule has 0 spiro atoms. The van der Waals surface area contributed by atoms with Gasteiger partial charge in [0, 0.05) is 12.1 Å². The summed E-state index contributed by atoms with van der Waals surface area (Å²) in [4.78, 5) is 10.1. The number of nitro groups is 1. The Morgan fingerprint density at radius 1 is 1.57 bits per heavy atom. The highest BCUT2D eigenvalue weighted by atomic mass is 35.5. The summed E-state index contributed by atoms with van der Waals surface area (Å²) in [6, 6.07) is 4.61. The molecule has 0 aromatic heterocycles. The van der Waals surface area contributed by atoms with Gasteiger partial charge in [0.2, 0.25) is 0 Å². The molecule has 0 aliphatic carbocycles. The number of hydrogen-bond donors (Lipinski definition) is 1. The van der Waals surface area contributed by atoms with Gasteiger partial charge in [0.05, 0.1) is 18.1 Å². The molecule has 0 unspecified atom stereocenters. The van der Waals surface area contributed by atoms with E-state index in [1.807, 2.05) is 0 Å². The van der Waals surface area contributed by atoms with Crippen LogP contribution in [-0.4, -0.2) is 12.0 Å². The van der Waals surface area contributed by atoms with Gasteiger partial charge < -0.3 is 10.5 Å². The van der Waals surface area contributed by atoms with Gasteiger partial charge in [0.15, 0.2) is 0 Å². The molecule has 1 aromatic carbocycles. The SMILES string of the molecule is COc1ccc(CN)c([N+](=O)[O-])c1.Cl. The lowest BCUT2D eigenvalue weighted by Gasteiger charge is -2.02. The Hall–Kier alpha value is -1.33. The van der Waals surface area contributed by atoms with E-state index in [2.05, 4.69) is 0 Å². The molecular weight excluding hydrogens is 208 g/mol. The van der Waals surface area contributed by atoms with Crippen LogP contribution in [0.5, 0.6) is 5.75 Å². The zero-order chi connectivity index (χ0) is 9.84. The third-order valence-electron chi connectivity index (χ3n) is 1.71. The van der Waals surface area contributed by atoms with Gasteiger partial charge in [-0.05, 0) is 12.1 Å². The molecule has 0 heterocycles. The number of halogens is 1. The third kappa shape index (κ3) is 2.58. The molecular formula is C8H11ClN2O3. The van der Waals surface area contributed by atoms with E-state index in [1.54, 1.807) is 12.1 Å². The highest BCUT2D eigenvalue weighted by Crippen LogP contribution is 2.23. The maximum absolute atomic E-state index is 10.5. The van der Waals surface area contributed by atoms with Crippen molar-refractivity contribution in [3.63, 3.8) is 0 Å². The molecule has 0 fully saturated rings. The van der Waals surface area contributed by atoms with Crippen molar-refractivity contribution in [2.45, 2.75) is 6.54 Å². The van der Waals surface area contributed by atoms with Crippen LogP contribution in [0.4, 0.5) is 5.69 Å². The molecule has 0 bridgehead atoms. The first-order chi connectivity index (χ1) is 6.19. The number of nitro benzene ring substituents is 1. The molecule has 0 radical (unpaired) electrons. The second-order valence-corrected chi connectivity index (χ2v) is 2.46. The highest BCUT2D eigenvalue weighted by Gasteiger charge is 2.12. The molecule has 14 heavy (non-hydrogen) atoms.